The molecule has 0 N–H and O–H groups in total. The van der Waals surface area contributed by atoms with Crippen LogP contribution < -0.4 is 4.74 Å². The third-order valence-corrected chi connectivity index (χ3v) is 5.46. The Morgan fingerprint density at radius 3 is 2.45 bits per heavy atom. The first-order valence-corrected chi connectivity index (χ1v) is 10.4. The Labute approximate surface area is 189 Å². The summed E-state index contributed by atoms with van der Waals surface area (Å²) in [6.07, 6.45) is 0.210. The first-order chi connectivity index (χ1) is 15.8. The zero-order valence-electron chi connectivity index (χ0n) is 18.1. The normalized spacial score (nSPS) is 15.7. The van der Waals surface area contributed by atoms with Crippen molar-refractivity contribution >= 4 is 23.5 Å². The molecule has 0 saturated heterocycles. The molecule has 10 nitrogen and oxygen atoms in total. The van der Waals surface area contributed by atoms with E-state index < -0.39 is 28.7 Å². The Balaban J connectivity index is 1.59. The Hall–Kier alpha value is -3.79. The molecule has 0 bridgehead atoms. The van der Waals surface area contributed by atoms with Crippen LogP contribution in [0, 0.1) is 16.0 Å². The van der Waals surface area contributed by atoms with Crippen LogP contribution in [0.3, 0.4) is 0 Å². The van der Waals surface area contributed by atoms with E-state index in [0.717, 1.165) is 4.90 Å². The summed E-state index contributed by atoms with van der Waals surface area (Å²) < 4.78 is 16.1. The number of imide groups is 1. The highest BCUT2D eigenvalue weighted by Gasteiger charge is 2.43. The van der Waals surface area contributed by atoms with Gasteiger partial charge in [-0.2, -0.15) is 0 Å². The van der Waals surface area contributed by atoms with Gasteiger partial charge in [0.1, 0.15) is 18.4 Å². The molecule has 2 aromatic carbocycles. The van der Waals surface area contributed by atoms with Gasteiger partial charge < -0.3 is 14.2 Å². The Morgan fingerprint density at radius 1 is 1.18 bits per heavy atom. The van der Waals surface area contributed by atoms with Crippen LogP contribution in [0.15, 0.2) is 36.4 Å². The van der Waals surface area contributed by atoms with Gasteiger partial charge in [-0.3, -0.25) is 24.6 Å². The number of non-ortho nitro benzene ring substituents is 1. The van der Waals surface area contributed by atoms with Crippen molar-refractivity contribution in [1.82, 2.24) is 4.90 Å². The molecule has 2 aliphatic heterocycles. The molecule has 2 amide bonds. The van der Waals surface area contributed by atoms with Crippen LogP contribution in [0.2, 0.25) is 0 Å². The summed E-state index contributed by atoms with van der Waals surface area (Å²) in [7, 11) is 0. The van der Waals surface area contributed by atoms with Gasteiger partial charge in [0.25, 0.3) is 17.5 Å². The number of nitrogens with zero attached hydrogens (tertiary/aromatic N) is 2. The van der Waals surface area contributed by atoms with Crippen molar-refractivity contribution in [3.63, 3.8) is 0 Å². The molecular formula is C23H22N2O8. The lowest BCUT2D eigenvalue weighted by atomic mass is 10.0. The summed E-state index contributed by atoms with van der Waals surface area (Å²) in [5.74, 6) is -1.53. The molecule has 2 heterocycles. The number of hydrogen-bond acceptors (Lipinski definition) is 8. The number of carbonyl (C=O) groups excluding carboxylic acids is 3. The summed E-state index contributed by atoms with van der Waals surface area (Å²) in [6, 6.07) is 7.88. The maximum absolute atomic E-state index is 13.1. The molecule has 0 radical (unpaired) electrons. The molecule has 10 heteroatoms. The number of carbonyl (C=O) groups is 3. The van der Waals surface area contributed by atoms with Gasteiger partial charge in [0.05, 0.1) is 22.7 Å². The van der Waals surface area contributed by atoms with E-state index in [9.17, 15) is 24.5 Å². The summed E-state index contributed by atoms with van der Waals surface area (Å²) in [5.41, 5.74) is 1.07. The molecule has 0 aromatic heterocycles. The molecule has 33 heavy (non-hydrogen) atoms. The Morgan fingerprint density at radius 2 is 1.85 bits per heavy atom. The predicted octanol–water partition coefficient (Wildman–Crippen LogP) is 3.22. The van der Waals surface area contributed by atoms with Crippen LogP contribution in [0.25, 0.3) is 0 Å². The lowest BCUT2D eigenvalue weighted by molar-refractivity contribution is -0.385. The van der Waals surface area contributed by atoms with E-state index in [1.807, 2.05) is 13.8 Å². The third-order valence-electron chi connectivity index (χ3n) is 5.46. The van der Waals surface area contributed by atoms with Crippen molar-refractivity contribution in [3.05, 3.63) is 68.8 Å². The number of fused-ring (bicyclic) bond motifs is 2. The van der Waals surface area contributed by atoms with Crippen LogP contribution in [0.4, 0.5) is 5.69 Å². The molecule has 2 aliphatic rings. The second-order valence-corrected chi connectivity index (χ2v) is 8.24. The van der Waals surface area contributed by atoms with Gasteiger partial charge in [-0.25, -0.2) is 4.79 Å². The van der Waals surface area contributed by atoms with E-state index in [1.54, 1.807) is 24.3 Å². The molecule has 2 aromatic rings. The van der Waals surface area contributed by atoms with Crippen molar-refractivity contribution in [2.75, 3.05) is 6.79 Å². The highest BCUT2D eigenvalue weighted by Crippen LogP contribution is 2.34. The third kappa shape index (κ3) is 4.29. The van der Waals surface area contributed by atoms with E-state index in [0.29, 0.717) is 16.9 Å². The van der Waals surface area contributed by atoms with Crippen LogP contribution in [-0.4, -0.2) is 40.4 Å². The zero-order valence-corrected chi connectivity index (χ0v) is 18.1. The molecule has 0 aliphatic carbocycles. The maximum atomic E-state index is 13.1. The minimum Gasteiger partial charge on any atom is -0.467 e. The Bertz CT molecular complexity index is 1110. The van der Waals surface area contributed by atoms with E-state index >= 15 is 0 Å². The minimum absolute atomic E-state index is 0.0158. The molecule has 1 unspecified atom stereocenters. The first kappa shape index (κ1) is 22.4. The van der Waals surface area contributed by atoms with Crippen LogP contribution in [-0.2, 0) is 27.5 Å². The van der Waals surface area contributed by atoms with Crippen molar-refractivity contribution in [2.45, 2.75) is 39.5 Å². The predicted molar refractivity (Wildman–Crippen MR) is 113 cm³/mol. The van der Waals surface area contributed by atoms with E-state index in [1.165, 1.54) is 12.1 Å². The summed E-state index contributed by atoms with van der Waals surface area (Å²) in [6.45, 7) is 3.51. The fraction of sp³-hybridized carbons (Fsp3) is 0.348. The number of rotatable bonds is 7. The summed E-state index contributed by atoms with van der Waals surface area (Å²) in [4.78, 5) is 50.6. The van der Waals surface area contributed by atoms with Gasteiger partial charge in [0, 0.05) is 23.3 Å². The lowest BCUT2D eigenvalue weighted by Crippen LogP contribution is -2.46. The van der Waals surface area contributed by atoms with E-state index in [2.05, 4.69) is 0 Å². The highest BCUT2D eigenvalue weighted by molar-refractivity contribution is 6.22. The van der Waals surface area contributed by atoms with Gasteiger partial charge in [0.15, 0.2) is 6.79 Å². The van der Waals surface area contributed by atoms with Crippen molar-refractivity contribution in [1.29, 1.82) is 0 Å². The number of nitro benzene ring substituents is 1. The average Bonchev–Trinajstić information content (AvgIpc) is 3.05. The molecule has 0 saturated carbocycles. The van der Waals surface area contributed by atoms with Crippen LogP contribution in [0.1, 0.15) is 52.1 Å². The SMILES string of the molecule is CC(C)CC(C(=O)OCc1cc([N+](=O)[O-])cc2c1OCOC2)N1C(=O)c2ccccc2C1=O. The molecule has 4 rings (SSSR count). The molecule has 172 valence electrons. The van der Waals surface area contributed by atoms with Gasteiger partial charge in [-0.1, -0.05) is 26.0 Å². The summed E-state index contributed by atoms with van der Waals surface area (Å²) in [5, 5.41) is 11.3. The average molecular weight is 454 g/mol. The van der Waals surface area contributed by atoms with Crippen molar-refractivity contribution in [3.8, 4) is 5.75 Å². The number of esters is 1. The number of hydrogen-bond donors (Lipinski definition) is 0. The number of amides is 2. The standard InChI is InChI=1S/C23H22N2O8/c1-13(2)7-19(24-21(26)17-5-3-4-6-18(17)22(24)27)23(28)32-11-15-9-16(25(29)30)8-14-10-31-12-33-20(14)15/h3-6,8-9,13,19H,7,10-12H2,1-2H3. The minimum atomic E-state index is -1.13. The van der Waals surface area contributed by atoms with Crippen LogP contribution in [0.5, 0.6) is 5.75 Å². The fourth-order valence-corrected chi connectivity index (χ4v) is 3.98. The lowest BCUT2D eigenvalue weighted by Gasteiger charge is -2.26. The molecule has 0 spiro atoms. The van der Waals surface area contributed by atoms with Crippen molar-refractivity contribution in [2.24, 2.45) is 5.92 Å². The second kappa shape index (κ2) is 8.99. The fourth-order valence-electron chi connectivity index (χ4n) is 3.98. The number of nitro groups is 1. The quantitative estimate of drug-likeness (QED) is 0.270. The zero-order chi connectivity index (χ0) is 23.7. The second-order valence-electron chi connectivity index (χ2n) is 8.24. The highest BCUT2D eigenvalue weighted by atomic mass is 16.7. The number of benzene rings is 2. The molecule has 0 fully saturated rings. The number of ether oxygens (including phenoxy) is 3. The molecular weight excluding hydrogens is 432 g/mol. The van der Waals surface area contributed by atoms with Crippen molar-refractivity contribution < 1.29 is 33.5 Å². The van der Waals surface area contributed by atoms with Crippen LogP contribution >= 0.6 is 0 Å². The van der Waals surface area contributed by atoms with Gasteiger partial charge >= 0.3 is 5.97 Å². The first-order valence-electron chi connectivity index (χ1n) is 10.4. The van der Waals surface area contributed by atoms with Gasteiger partial charge in [-0.15, -0.1) is 0 Å². The van der Waals surface area contributed by atoms with E-state index in [4.69, 9.17) is 14.2 Å². The smallest absolute Gasteiger partial charge is 0.329 e. The van der Waals surface area contributed by atoms with Gasteiger partial charge in [0.2, 0.25) is 0 Å². The maximum Gasteiger partial charge on any atom is 0.329 e. The summed E-state index contributed by atoms with van der Waals surface area (Å²) >= 11 is 0. The Kier molecular flexibility index (Phi) is 6.10. The monoisotopic (exact) mass is 454 g/mol. The van der Waals surface area contributed by atoms with E-state index in [-0.39, 0.29) is 49.2 Å². The molecule has 1 atom stereocenters. The van der Waals surface area contributed by atoms with Gasteiger partial charge in [-0.05, 0) is 24.5 Å². The topological polar surface area (TPSA) is 125 Å². The largest absolute Gasteiger partial charge is 0.467 e.